The number of fused-ring (bicyclic) bond motifs is 2. The molecule has 1 atom stereocenters. The lowest BCUT2D eigenvalue weighted by Gasteiger charge is -2.20. The van der Waals surface area contributed by atoms with E-state index >= 15 is 0 Å². The van der Waals surface area contributed by atoms with Crippen molar-refractivity contribution in [1.82, 2.24) is 0 Å². The minimum absolute atomic E-state index is 0.160. The average Bonchev–Trinajstić information content (AvgIpc) is 3.57. The second-order valence-electron chi connectivity index (χ2n) is 11.4. The molecule has 1 aliphatic heterocycles. The fraction of sp³-hybridized carbons (Fsp3) is 0.324. The number of ether oxygens (including phenoxy) is 3. The van der Waals surface area contributed by atoms with Crippen LogP contribution in [0.3, 0.4) is 0 Å². The van der Waals surface area contributed by atoms with E-state index in [0.717, 1.165) is 37.6 Å². The molecule has 256 valence electrons. The summed E-state index contributed by atoms with van der Waals surface area (Å²) in [7, 11) is -5.26. The number of anilines is 1. The molecular formula is C34H39N2O9S3+. The molecule has 0 amide bonds. The third-order valence-electron chi connectivity index (χ3n) is 8.15. The molecule has 1 unspecified atom stereocenters. The van der Waals surface area contributed by atoms with Crippen LogP contribution in [0.15, 0.2) is 78.2 Å². The van der Waals surface area contributed by atoms with Crippen molar-refractivity contribution in [1.29, 1.82) is 0 Å². The summed E-state index contributed by atoms with van der Waals surface area (Å²) in [5, 5.41) is -0.145. The van der Waals surface area contributed by atoms with Gasteiger partial charge in [-0.1, -0.05) is 54.7 Å². The fourth-order valence-corrected chi connectivity index (χ4v) is 7.52. The summed E-state index contributed by atoms with van der Waals surface area (Å²) in [5.41, 5.74) is 4.49. The molecule has 1 aliphatic rings. The molecule has 14 heteroatoms. The van der Waals surface area contributed by atoms with Crippen LogP contribution in [-0.2, 0) is 26.8 Å². The van der Waals surface area contributed by atoms with E-state index in [1.807, 2.05) is 89.2 Å². The number of rotatable bonds is 14. The Hall–Kier alpha value is -3.95. The summed E-state index contributed by atoms with van der Waals surface area (Å²) in [4.78, 5) is 1.92. The standard InChI is InChI=1S/C34H38N2O9S3/c1-5-24(19-34-36(15-9-17-47(37,38)39)28-21-30(43-3)31(44-4)22-32(28)46-34)18-33-35(16-14-23(2)48(40,41)42)27-20-26(12-13-29(27)45-33)25-10-7-6-8-11-25/h6-8,10-13,18-23H,5,9,14-17H2,1-4H3,(H-,37,38,39,40,41,42)/p+1. The van der Waals surface area contributed by atoms with Crippen molar-refractivity contribution < 1.29 is 44.7 Å². The van der Waals surface area contributed by atoms with E-state index in [9.17, 15) is 25.9 Å². The van der Waals surface area contributed by atoms with Gasteiger partial charge >= 0.3 is 0 Å². The van der Waals surface area contributed by atoms with Crippen molar-refractivity contribution in [3.63, 3.8) is 0 Å². The zero-order valence-electron chi connectivity index (χ0n) is 27.1. The quantitative estimate of drug-likeness (QED) is 0.112. The van der Waals surface area contributed by atoms with Gasteiger partial charge in [-0.3, -0.25) is 9.11 Å². The van der Waals surface area contributed by atoms with Gasteiger partial charge in [0.2, 0.25) is 11.4 Å². The molecule has 0 fully saturated rings. The molecule has 0 bridgehead atoms. The SMILES string of the molecule is CCC(=Cc1sc2cc(OC)c(OC)cc2[n+]1CCCS(=O)(=O)O)/C=C1\Oc2ccc(-c3ccccc3)cc2N1CCC(C)S(=O)(=O)O. The van der Waals surface area contributed by atoms with Gasteiger partial charge in [-0.25, -0.2) is 0 Å². The zero-order valence-corrected chi connectivity index (χ0v) is 29.6. The summed E-state index contributed by atoms with van der Waals surface area (Å²) in [5.74, 6) is 1.84. The smallest absolute Gasteiger partial charge is 0.267 e. The molecule has 0 radical (unpaired) electrons. The Morgan fingerprint density at radius 3 is 2.35 bits per heavy atom. The number of thiazole rings is 1. The van der Waals surface area contributed by atoms with Gasteiger partial charge in [0.15, 0.2) is 23.8 Å². The van der Waals surface area contributed by atoms with Crippen LogP contribution >= 0.6 is 11.3 Å². The Labute approximate surface area is 285 Å². The number of nitrogens with zero attached hydrogens (tertiary/aromatic N) is 2. The predicted octanol–water partition coefficient (Wildman–Crippen LogP) is 6.35. The number of allylic oxidation sites excluding steroid dienone is 2. The Balaban J connectivity index is 1.57. The van der Waals surface area contributed by atoms with Crippen LogP contribution in [0, 0.1) is 0 Å². The maximum Gasteiger partial charge on any atom is 0.267 e. The first-order valence-electron chi connectivity index (χ1n) is 15.4. The number of hydrogen-bond acceptors (Lipinski definition) is 9. The van der Waals surface area contributed by atoms with E-state index in [2.05, 4.69) is 0 Å². The highest BCUT2D eigenvalue weighted by molar-refractivity contribution is 7.86. The topological polar surface area (TPSA) is 144 Å². The van der Waals surface area contributed by atoms with Crippen LogP contribution in [0.4, 0.5) is 5.69 Å². The number of methoxy groups -OCH3 is 2. The van der Waals surface area contributed by atoms with Gasteiger partial charge in [-0.05, 0) is 48.6 Å². The summed E-state index contributed by atoms with van der Waals surface area (Å²) in [6, 6.07) is 19.5. The van der Waals surface area contributed by atoms with Gasteiger partial charge in [0.05, 0.1) is 37.0 Å². The number of aromatic nitrogens is 1. The molecule has 4 aromatic rings. The Morgan fingerprint density at radius 2 is 1.71 bits per heavy atom. The number of hydrogen-bond donors (Lipinski definition) is 2. The Morgan fingerprint density at radius 1 is 1.00 bits per heavy atom. The minimum Gasteiger partial charge on any atom is -0.493 e. The summed E-state index contributed by atoms with van der Waals surface area (Å²) < 4.78 is 86.1. The Kier molecular flexibility index (Phi) is 10.8. The molecular weight excluding hydrogens is 677 g/mol. The fourth-order valence-electron chi connectivity index (χ4n) is 5.44. The van der Waals surface area contributed by atoms with Crippen molar-refractivity contribution in [2.45, 2.75) is 44.9 Å². The lowest BCUT2D eigenvalue weighted by molar-refractivity contribution is -0.668. The molecule has 3 aromatic carbocycles. The van der Waals surface area contributed by atoms with Crippen molar-refractivity contribution in [3.05, 3.63) is 83.2 Å². The molecule has 2 heterocycles. The van der Waals surface area contributed by atoms with Gasteiger partial charge in [0, 0.05) is 31.2 Å². The first kappa shape index (κ1) is 35.4. The highest BCUT2D eigenvalue weighted by Crippen LogP contribution is 2.42. The van der Waals surface area contributed by atoms with Crippen LogP contribution in [0.2, 0.25) is 0 Å². The molecule has 0 aliphatic carbocycles. The van der Waals surface area contributed by atoms with Crippen molar-refractivity contribution in [3.8, 4) is 28.4 Å². The van der Waals surface area contributed by atoms with Crippen LogP contribution < -0.4 is 23.7 Å². The second kappa shape index (κ2) is 14.7. The van der Waals surface area contributed by atoms with Crippen LogP contribution in [0.1, 0.15) is 38.1 Å². The van der Waals surface area contributed by atoms with Crippen molar-refractivity contribution in [2.75, 3.05) is 31.4 Å². The van der Waals surface area contributed by atoms with E-state index in [4.69, 9.17) is 14.2 Å². The van der Waals surface area contributed by atoms with Crippen LogP contribution in [0.5, 0.6) is 17.2 Å². The summed E-state index contributed by atoms with van der Waals surface area (Å²) in [6.45, 7) is 4.07. The molecule has 48 heavy (non-hydrogen) atoms. The number of benzene rings is 3. The van der Waals surface area contributed by atoms with Gasteiger partial charge < -0.3 is 19.1 Å². The van der Waals surface area contributed by atoms with Crippen LogP contribution in [0.25, 0.3) is 27.4 Å². The molecule has 11 nitrogen and oxygen atoms in total. The van der Waals surface area contributed by atoms with E-state index in [0.29, 0.717) is 36.1 Å². The molecule has 1 aromatic heterocycles. The molecule has 2 N–H and O–H groups in total. The molecule has 0 spiro atoms. The van der Waals surface area contributed by atoms with Gasteiger partial charge in [0.1, 0.15) is 4.70 Å². The first-order chi connectivity index (χ1) is 22.8. The zero-order chi connectivity index (χ0) is 34.6. The largest absolute Gasteiger partial charge is 0.493 e. The normalized spacial score (nSPS) is 15.1. The lowest BCUT2D eigenvalue weighted by Crippen LogP contribution is -2.36. The van der Waals surface area contributed by atoms with E-state index in [1.165, 1.54) is 18.3 Å². The van der Waals surface area contributed by atoms with Crippen LogP contribution in [-0.4, -0.2) is 57.7 Å². The highest BCUT2D eigenvalue weighted by Gasteiger charge is 2.30. The van der Waals surface area contributed by atoms with E-state index in [-0.39, 0.29) is 25.1 Å². The average molecular weight is 716 g/mol. The maximum atomic E-state index is 11.9. The van der Waals surface area contributed by atoms with Gasteiger partial charge in [0.25, 0.3) is 25.2 Å². The minimum atomic E-state index is -4.22. The van der Waals surface area contributed by atoms with Crippen molar-refractivity contribution in [2.24, 2.45) is 0 Å². The predicted molar refractivity (Wildman–Crippen MR) is 188 cm³/mol. The van der Waals surface area contributed by atoms with Gasteiger partial charge in [-0.2, -0.15) is 21.4 Å². The summed E-state index contributed by atoms with van der Waals surface area (Å²) in [6.07, 6.45) is 4.88. The first-order valence-corrected chi connectivity index (χ1v) is 19.3. The monoisotopic (exact) mass is 715 g/mol. The van der Waals surface area contributed by atoms with E-state index in [1.54, 1.807) is 14.2 Å². The molecule has 5 rings (SSSR count). The van der Waals surface area contributed by atoms with Gasteiger partial charge in [-0.15, -0.1) is 0 Å². The third kappa shape index (κ3) is 8.18. The third-order valence-corrected chi connectivity index (χ3v) is 11.3. The Bertz CT molecular complexity index is 2070. The van der Waals surface area contributed by atoms with E-state index < -0.39 is 25.5 Å². The second-order valence-corrected chi connectivity index (χ2v) is 15.8. The maximum absolute atomic E-state index is 11.9. The lowest BCUT2D eigenvalue weighted by atomic mass is 10.0. The highest BCUT2D eigenvalue weighted by atomic mass is 32.2. The van der Waals surface area contributed by atoms with Crippen molar-refractivity contribution >= 4 is 53.6 Å². The number of aryl methyl sites for hydroxylation is 1. The molecule has 0 saturated carbocycles. The molecule has 0 saturated heterocycles. The summed E-state index contributed by atoms with van der Waals surface area (Å²) >= 11 is 1.50.